The second-order valence-corrected chi connectivity index (χ2v) is 7.17. The highest BCUT2D eigenvalue weighted by molar-refractivity contribution is 7.99. The van der Waals surface area contributed by atoms with E-state index in [1.807, 2.05) is 43.3 Å². The van der Waals surface area contributed by atoms with Crippen molar-refractivity contribution in [2.24, 2.45) is 0 Å². The van der Waals surface area contributed by atoms with E-state index in [0.29, 0.717) is 23.7 Å². The summed E-state index contributed by atoms with van der Waals surface area (Å²) >= 11 is 7.43. The molecule has 0 bridgehead atoms. The van der Waals surface area contributed by atoms with Gasteiger partial charge in [-0.25, -0.2) is 0 Å². The molecule has 0 saturated carbocycles. The predicted molar refractivity (Wildman–Crippen MR) is 89.0 cm³/mol. The molecule has 1 amide bonds. The smallest absolute Gasteiger partial charge is 0.220 e. The van der Waals surface area contributed by atoms with Crippen LogP contribution in [0.4, 0.5) is 0 Å². The zero-order chi connectivity index (χ0) is 15.9. The number of rotatable bonds is 8. The molecule has 6 heteroatoms. The highest BCUT2D eigenvalue weighted by Crippen LogP contribution is 2.20. The first-order chi connectivity index (χ1) is 9.78. The molecule has 21 heavy (non-hydrogen) atoms. The normalized spacial score (nSPS) is 14.0. The van der Waals surface area contributed by atoms with E-state index < -0.39 is 5.60 Å². The highest BCUT2D eigenvalue weighted by Gasteiger charge is 2.21. The number of hydrogen-bond acceptors (Lipinski definition) is 4. The van der Waals surface area contributed by atoms with E-state index in [9.17, 15) is 9.90 Å². The zero-order valence-electron chi connectivity index (χ0n) is 12.7. The van der Waals surface area contributed by atoms with Crippen molar-refractivity contribution in [3.63, 3.8) is 0 Å². The minimum Gasteiger partial charge on any atom is -0.387 e. The van der Waals surface area contributed by atoms with E-state index in [1.54, 1.807) is 18.7 Å². The van der Waals surface area contributed by atoms with Gasteiger partial charge in [-0.3, -0.25) is 4.79 Å². The van der Waals surface area contributed by atoms with Crippen molar-refractivity contribution in [3.8, 4) is 0 Å². The lowest BCUT2D eigenvalue weighted by Crippen LogP contribution is -2.47. The van der Waals surface area contributed by atoms with Crippen LogP contribution in [0.1, 0.15) is 13.3 Å². The molecule has 0 heterocycles. The van der Waals surface area contributed by atoms with E-state index in [2.05, 4.69) is 5.32 Å². The van der Waals surface area contributed by atoms with Crippen molar-refractivity contribution in [2.45, 2.75) is 23.8 Å². The second-order valence-electron chi connectivity index (χ2n) is 5.56. The molecule has 1 rings (SSSR count). The van der Waals surface area contributed by atoms with Gasteiger partial charge in [-0.2, -0.15) is 0 Å². The van der Waals surface area contributed by atoms with Gasteiger partial charge >= 0.3 is 0 Å². The number of nitrogens with zero attached hydrogens (tertiary/aromatic N) is 1. The second kappa shape index (κ2) is 8.63. The molecule has 0 aliphatic heterocycles. The fraction of sp³-hybridized carbons (Fsp3) is 0.533. The van der Waals surface area contributed by atoms with Gasteiger partial charge in [0.05, 0.1) is 5.60 Å². The molecular weight excluding hydrogens is 308 g/mol. The van der Waals surface area contributed by atoms with E-state index >= 15 is 0 Å². The van der Waals surface area contributed by atoms with E-state index in [4.69, 9.17) is 11.6 Å². The summed E-state index contributed by atoms with van der Waals surface area (Å²) in [6, 6.07) is 7.55. The SMILES string of the molecule is CN(C)CC(C)(O)CNC(=O)CCSc1ccc(Cl)cc1. The first-order valence-electron chi connectivity index (χ1n) is 6.81. The van der Waals surface area contributed by atoms with Crippen LogP contribution in [0.5, 0.6) is 0 Å². The summed E-state index contributed by atoms with van der Waals surface area (Å²) in [5, 5.41) is 13.6. The number of halogens is 1. The lowest BCUT2D eigenvalue weighted by Gasteiger charge is -2.27. The van der Waals surface area contributed by atoms with Crippen LogP contribution in [0.2, 0.25) is 5.02 Å². The van der Waals surface area contributed by atoms with Gasteiger partial charge in [0.2, 0.25) is 5.91 Å². The molecule has 0 radical (unpaired) electrons. The van der Waals surface area contributed by atoms with Crippen LogP contribution in [-0.2, 0) is 4.79 Å². The van der Waals surface area contributed by atoms with Crippen molar-refractivity contribution in [1.29, 1.82) is 0 Å². The highest BCUT2D eigenvalue weighted by atomic mass is 35.5. The maximum atomic E-state index is 11.7. The fourth-order valence-corrected chi connectivity index (χ4v) is 2.88. The lowest BCUT2D eigenvalue weighted by atomic mass is 10.1. The number of thioether (sulfide) groups is 1. The van der Waals surface area contributed by atoms with Crippen LogP contribution in [0, 0.1) is 0 Å². The summed E-state index contributed by atoms with van der Waals surface area (Å²) < 4.78 is 0. The largest absolute Gasteiger partial charge is 0.387 e. The molecule has 0 spiro atoms. The molecule has 4 nitrogen and oxygen atoms in total. The molecule has 1 aromatic carbocycles. The van der Waals surface area contributed by atoms with Gasteiger partial charge in [0.1, 0.15) is 0 Å². The third-order valence-corrected chi connectivity index (χ3v) is 4.00. The Morgan fingerprint density at radius 3 is 2.57 bits per heavy atom. The monoisotopic (exact) mass is 330 g/mol. The average molecular weight is 331 g/mol. The Kier molecular flexibility index (Phi) is 7.52. The summed E-state index contributed by atoms with van der Waals surface area (Å²) in [7, 11) is 3.78. The molecule has 1 aromatic rings. The first kappa shape index (κ1) is 18.3. The minimum atomic E-state index is -0.914. The fourth-order valence-electron chi connectivity index (χ4n) is 1.91. The molecule has 1 atom stereocenters. The topological polar surface area (TPSA) is 52.6 Å². The van der Waals surface area contributed by atoms with Gasteiger partial charge in [-0.1, -0.05) is 11.6 Å². The average Bonchev–Trinajstić information content (AvgIpc) is 2.37. The number of amides is 1. The Bertz CT molecular complexity index is 449. The van der Waals surface area contributed by atoms with Crippen LogP contribution in [-0.4, -0.2) is 54.5 Å². The summed E-state index contributed by atoms with van der Waals surface area (Å²) in [4.78, 5) is 14.7. The Morgan fingerprint density at radius 2 is 2.00 bits per heavy atom. The molecule has 0 saturated heterocycles. The summed E-state index contributed by atoms with van der Waals surface area (Å²) in [6.07, 6.45) is 0.422. The molecular formula is C15H23ClN2O2S. The van der Waals surface area contributed by atoms with Gasteiger partial charge in [0.15, 0.2) is 0 Å². The van der Waals surface area contributed by atoms with E-state index in [1.165, 1.54) is 0 Å². The van der Waals surface area contributed by atoms with Crippen LogP contribution in [0.25, 0.3) is 0 Å². The summed E-state index contributed by atoms with van der Waals surface area (Å²) in [6.45, 7) is 2.48. The number of hydrogen-bond donors (Lipinski definition) is 2. The van der Waals surface area contributed by atoms with Crippen molar-refractivity contribution < 1.29 is 9.90 Å². The predicted octanol–water partition coefficient (Wildman–Crippen LogP) is 2.25. The Balaban J connectivity index is 2.23. The van der Waals surface area contributed by atoms with Crippen molar-refractivity contribution in [2.75, 3.05) is 32.9 Å². The van der Waals surface area contributed by atoms with Crippen molar-refractivity contribution in [1.82, 2.24) is 10.2 Å². The van der Waals surface area contributed by atoms with Gasteiger partial charge in [-0.05, 0) is 45.3 Å². The minimum absolute atomic E-state index is 0.0458. The molecule has 0 fully saturated rings. The van der Waals surface area contributed by atoms with Gasteiger partial charge < -0.3 is 15.3 Å². The molecule has 1 unspecified atom stereocenters. The number of carbonyl (C=O) groups excluding carboxylic acids is 1. The lowest BCUT2D eigenvalue weighted by molar-refractivity contribution is -0.121. The maximum absolute atomic E-state index is 11.7. The van der Waals surface area contributed by atoms with Gasteiger partial charge in [0, 0.05) is 35.2 Å². The molecule has 0 aromatic heterocycles. The first-order valence-corrected chi connectivity index (χ1v) is 8.17. The zero-order valence-corrected chi connectivity index (χ0v) is 14.3. The van der Waals surface area contributed by atoms with Crippen LogP contribution >= 0.6 is 23.4 Å². The summed E-state index contributed by atoms with van der Waals surface area (Å²) in [5.74, 6) is 0.652. The van der Waals surface area contributed by atoms with Gasteiger partial charge in [-0.15, -0.1) is 11.8 Å². The molecule has 0 aliphatic rings. The number of nitrogens with one attached hydrogen (secondary N) is 1. The van der Waals surface area contributed by atoms with Crippen LogP contribution in [0.3, 0.4) is 0 Å². The number of carbonyl (C=O) groups is 1. The van der Waals surface area contributed by atoms with Crippen LogP contribution in [0.15, 0.2) is 29.2 Å². The summed E-state index contributed by atoms with van der Waals surface area (Å²) in [5.41, 5.74) is -0.914. The standard InChI is InChI=1S/C15H23ClN2O2S/c1-15(20,11-18(2)3)10-17-14(19)8-9-21-13-6-4-12(16)5-7-13/h4-7,20H,8-11H2,1-3H3,(H,17,19). The third kappa shape index (κ3) is 8.31. The van der Waals surface area contributed by atoms with Crippen molar-refractivity contribution >= 4 is 29.3 Å². The quantitative estimate of drug-likeness (QED) is 0.718. The molecule has 2 N–H and O–H groups in total. The Labute approximate surface area is 135 Å². The van der Waals surface area contributed by atoms with E-state index in [-0.39, 0.29) is 12.5 Å². The number of likely N-dealkylation sites (N-methyl/N-ethyl adjacent to an activating group) is 1. The third-order valence-electron chi connectivity index (χ3n) is 2.73. The Hall–Kier alpha value is -0.750. The molecule has 118 valence electrons. The number of benzene rings is 1. The Morgan fingerprint density at radius 1 is 1.38 bits per heavy atom. The van der Waals surface area contributed by atoms with E-state index in [0.717, 1.165) is 4.90 Å². The van der Waals surface area contributed by atoms with Crippen molar-refractivity contribution in [3.05, 3.63) is 29.3 Å². The van der Waals surface area contributed by atoms with Crippen LogP contribution < -0.4 is 5.32 Å². The van der Waals surface area contributed by atoms with Gasteiger partial charge in [0.25, 0.3) is 0 Å². The maximum Gasteiger partial charge on any atom is 0.220 e. The number of aliphatic hydroxyl groups is 1. The molecule has 0 aliphatic carbocycles.